The molecule has 0 bridgehead atoms. The Balaban J connectivity index is 0.00000200. The molecule has 1 saturated carbocycles. The van der Waals surface area contributed by atoms with E-state index in [0.717, 1.165) is 58.3 Å². The van der Waals surface area contributed by atoms with Crippen molar-refractivity contribution in [2.24, 2.45) is 5.73 Å². The monoisotopic (exact) mass is 322 g/mol. The van der Waals surface area contributed by atoms with Gasteiger partial charge in [0.05, 0.1) is 5.54 Å². The average molecular weight is 323 g/mol. The molecule has 1 aliphatic heterocycles. The number of hydrogen-bond donors (Lipinski definition) is 2. The van der Waals surface area contributed by atoms with Crippen LogP contribution >= 0.6 is 24.2 Å². The maximum atomic E-state index is 12.3. The molecule has 6 heteroatoms. The number of nitrogens with one attached hydrogen (secondary N) is 1. The third-order valence-corrected chi connectivity index (χ3v) is 6.02. The Morgan fingerprint density at radius 1 is 1.20 bits per heavy atom. The van der Waals surface area contributed by atoms with Crippen molar-refractivity contribution in [1.82, 2.24) is 5.32 Å². The molecule has 0 unspecified atom stereocenters. The Morgan fingerprint density at radius 2 is 1.80 bits per heavy atom. The van der Waals surface area contributed by atoms with Crippen molar-refractivity contribution in [2.75, 3.05) is 26.0 Å². The van der Waals surface area contributed by atoms with E-state index in [1.807, 2.05) is 11.8 Å². The van der Waals surface area contributed by atoms with Crippen LogP contribution in [-0.2, 0) is 9.53 Å². The zero-order chi connectivity index (χ0) is 13.8. The fourth-order valence-corrected chi connectivity index (χ4v) is 3.82. The third kappa shape index (κ3) is 4.26. The highest BCUT2D eigenvalue weighted by molar-refractivity contribution is 8.00. The summed E-state index contributed by atoms with van der Waals surface area (Å²) < 4.78 is 5.56. The van der Waals surface area contributed by atoms with Crippen LogP contribution in [0.4, 0.5) is 0 Å². The van der Waals surface area contributed by atoms with Crippen LogP contribution in [0.15, 0.2) is 0 Å². The number of ether oxygens (including phenoxy) is 1. The molecule has 1 amide bonds. The Labute approximate surface area is 132 Å². The summed E-state index contributed by atoms with van der Waals surface area (Å²) >= 11 is 1.85. The highest BCUT2D eigenvalue weighted by atomic mass is 35.5. The summed E-state index contributed by atoms with van der Waals surface area (Å²) in [6.45, 7) is 2.31. The summed E-state index contributed by atoms with van der Waals surface area (Å²) in [5, 5.41) is 3.11. The molecule has 0 spiro atoms. The van der Waals surface area contributed by atoms with Gasteiger partial charge in [-0.05, 0) is 31.9 Å². The van der Waals surface area contributed by atoms with Gasteiger partial charge in [0.1, 0.15) is 0 Å². The van der Waals surface area contributed by atoms with Crippen LogP contribution in [0.25, 0.3) is 0 Å². The lowest BCUT2D eigenvalue weighted by Crippen LogP contribution is -2.57. The Kier molecular flexibility index (Phi) is 7.12. The maximum Gasteiger partial charge on any atom is 0.240 e. The number of thioether (sulfide) groups is 1. The lowest BCUT2D eigenvalue weighted by molar-refractivity contribution is -0.127. The van der Waals surface area contributed by atoms with E-state index >= 15 is 0 Å². The summed E-state index contributed by atoms with van der Waals surface area (Å²) in [4.78, 5) is 12.3. The number of nitrogens with two attached hydrogens (primary N) is 1. The van der Waals surface area contributed by atoms with Crippen molar-refractivity contribution in [1.29, 1.82) is 0 Å². The predicted molar refractivity (Wildman–Crippen MR) is 86.6 cm³/mol. The smallest absolute Gasteiger partial charge is 0.240 e. The van der Waals surface area contributed by atoms with E-state index in [9.17, 15) is 4.79 Å². The van der Waals surface area contributed by atoms with Crippen LogP contribution in [0.1, 0.15) is 44.9 Å². The second-order valence-electron chi connectivity index (χ2n) is 5.90. The molecule has 2 aliphatic rings. The topological polar surface area (TPSA) is 64.4 Å². The van der Waals surface area contributed by atoms with Gasteiger partial charge in [-0.3, -0.25) is 4.79 Å². The molecule has 2 rings (SSSR count). The van der Waals surface area contributed by atoms with Crippen LogP contribution in [-0.4, -0.2) is 42.2 Å². The summed E-state index contributed by atoms with van der Waals surface area (Å²) in [7, 11) is 0. The molecular formula is C14H27ClN2O2S. The number of amides is 1. The van der Waals surface area contributed by atoms with Crippen molar-refractivity contribution < 1.29 is 9.53 Å². The quantitative estimate of drug-likeness (QED) is 0.832. The predicted octanol–water partition coefficient (Wildman–Crippen LogP) is 2.10. The minimum absolute atomic E-state index is 0. The third-order valence-electron chi connectivity index (χ3n) is 4.61. The van der Waals surface area contributed by atoms with Gasteiger partial charge in [-0.2, -0.15) is 11.8 Å². The number of carbonyl (C=O) groups is 1. The molecule has 1 heterocycles. The first-order valence-corrected chi connectivity index (χ1v) is 8.53. The second-order valence-corrected chi connectivity index (χ2v) is 7.17. The van der Waals surface area contributed by atoms with E-state index in [2.05, 4.69) is 11.6 Å². The molecule has 0 atom stereocenters. The summed E-state index contributed by atoms with van der Waals surface area (Å²) in [5.74, 6) is 0.0483. The molecule has 0 aromatic rings. The zero-order valence-electron chi connectivity index (χ0n) is 12.3. The van der Waals surface area contributed by atoms with E-state index in [0.29, 0.717) is 0 Å². The van der Waals surface area contributed by atoms with Crippen molar-refractivity contribution in [3.05, 3.63) is 0 Å². The van der Waals surface area contributed by atoms with Gasteiger partial charge in [0.15, 0.2) is 0 Å². The van der Waals surface area contributed by atoms with Crippen LogP contribution in [0, 0.1) is 0 Å². The summed E-state index contributed by atoms with van der Waals surface area (Å²) in [5.41, 5.74) is 5.64. The van der Waals surface area contributed by atoms with Gasteiger partial charge in [0, 0.05) is 24.5 Å². The lowest BCUT2D eigenvalue weighted by Gasteiger charge is -2.38. The number of rotatable bonds is 4. The molecule has 2 fully saturated rings. The number of carbonyl (C=O) groups excluding carboxylic acids is 1. The fourth-order valence-electron chi connectivity index (χ4n) is 3.02. The Hall–Kier alpha value is 0.0300. The molecule has 4 nitrogen and oxygen atoms in total. The second kappa shape index (κ2) is 7.87. The number of hydrogen-bond acceptors (Lipinski definition) is 4. The molecular weight excluding hydrogens is 296 g/mol. The largest absolute Gasteiger partial charge is 0.381 e. The zero-order valence-corrected chi connectivity index (χ0v) is 13.9. The molecule has 0 aromatic carbocycles. The van der Waals surface area contributed by atoms with Gasteiger partial charge in [-0.25, -0.2) is 0 Å². The van der Waals surface area contributed by atoms with Gasteiger partial charge < -0.3 is 15.8 Å². The normalized spacial score (nSPS) is 24.5. The first kappa shape index (κ1) is 18.1. The molecule has 1 saturated heterocycles. The van der Waals surface area contributed by atoms with Crippen LogP contribution in [0.5, 0.6) is 0 Å². The van der Waals surface area contributed by atoms with Crippen molar-refractivity contribution in [2.45, 2.75) is 55.2 Å². The van der Waals surface area contributed by atoms with E-state index in [-0.39, 0.29) is 23.1 Å². The van der Waals surface area contributed by atoms with Crippen molar-refractivity contribution in [3.63, 3.8) is 0 Å². The molecule has 3 N–H and O–H groups in total. The Bertz CT molecular complexity index is 316. The van der Waals surface area contributed by atoms with E-state index in [4.69, 9.17) is 10.5 Å². The van der Waals surface area contributed by atoms with Gasteiger partial charge in [-0.1, -0.05) is 19.3 Å². The van der Waals surface area contributed by atoms with Crippen LogP contribution in [0.2, 0.25) is 0 Å². The maximum absolute atomic E-state index is 12.3. The minimum atomic E-state index is -0.622. The van der Waals surface area contributed by atoms with Crippen LogP contribution in [0.3, 0.4) is 0 Å². The molecule has 118 valence electrons. The first-order valence-electron chi connectivity index (χ1n) is 7.30. The molecule has 0 radical (unpaired) electrons. The van der Waals surface area contributed by atoms with E-state index in [1.165, 1.54) is 6.42 Å². The van der Waals surface area contributed by atoms with Gasteiger partial charge in [0.25, 0.3) is 0 Å². The molecule has 1 aliphatic carbocycles. The lowest BCUT2D eigenvalue weighted by atomic mass is 9.81. The number of halogens is 1. The van der Waals surface area contributed by atoms with Crippen LogP contribution < -0.4 is 11.1 Å². The fraction of sp³-hybridized carbons (Fsp3) is 0.929. The van der Waals surface area contributed by atoms with Crippen molar-refractivity contribution >= 4 is 30.1 Å². The van der Waals surface area contributed by atoms with Gasteiger partial charge in [-0.15, -0.1) is 12.4 Å². The Morgan fingerprint density at radius 3 is 2.35 bits per heavy atom. The molecule has 20 heavy (non-hydrogen) atoms. The summed E-state index contributed by atoms with van der Waals surface area (Å²) in [6, 6.07) is 0. The highest BCUT2D eigenvalue weighted by Gasteiger charge is 2.38. The van der Waals surface area contributed by atoms with Gasteiger partial charge >= 0.3 is 0 Å². The van der Waals surface area contributed by atoms with E-state index < -0.39 is 5.54 Å². The SMILES string of the molecule is CSC1(CNC(=O)C2(N)CCCCC2)CCOCC1.Cl. The standard InChI is InChI=1S/C14H26N2O2S.ClH/c1-19-13(7-9-18-10-8-13)11-16-12(17)14(15)5-3-2-4-6-14;/h2-11,15H2,1H3,(H,16,17);1H. The highest BCUT2D eigenvalue weighted by Crippen LogP contribution is 2.33. The first-order chi connectivity index (χ1) is 9.10. The van der Waals surface area contributed by atoms with E-state index in [1.54, 1.807) is 0 Å². The average Bonchev–Trinajstić information content (AvgIpc) is 2.46. The van der Waals surface area contributed by atoms with Crippen molar-refractivity contribution in [3.8, 4) is 0 Å². The molecule has 0 aromatic heterocycles. The summed E-state index contributed by atoms with van der Waals surface area (Å²) in [6.07, 6.45) is 9.14. The van der Waals surface area contributed by atoms with Gasteiger partial charge in [0.2, 0.25) is 5.91 Å². The minimum Gasteiger partial charge on any atom is -0.381 e.